The number of benzene rings is 2. The van der Waals surface area contributed by atoms with Crippen molar-refractivity contribution in [1.82, 2.24) is 4.57 Å². The monoisotopic (exact) mass is 445 g/mol. The first kappa shape index (κ1) is 22.3. The number of nitrogens with one attached hydrogen (secondary N) is 1. The molecule has 1 fully saturated rings. The van der Waals surface area contributed by atoms with Crippen LogP contribution in [0.2, 0.25) is 0 Å². The van der Waals surface area contributed by atoms with Crippen LogP contribution in [0.1, 0.15) is 40.2 Å². The van der Waals surface area contributed by atoms with Gasteiger partial charge in [0.2, 0.25) is 5.91 Å². The Morgan fingerprint density at radius 2 is 1.76 bits per heavy atom. The predicted molar refractivity (Wildman–Crippen MR) is 126 cm³/mol. The molecule has 2 aromatic carbocycles. The van der Waals surface area contributed by atoms with Crippen LogP contribution in [0.3, 0.4) is 0 Å². The van der Waals surface area contributed by atoms with E-state index in [-0.39, 0.29) is 5.91 Å². The third-order valence-corrected chi connectivity index (χ3v) is 5.85. The smallest absolute Gasteiger partial charge is 0.340 e. The first-order valence-corrected chi connectivity index (χ1v) is 11.0. The lowest BCUT2D eigenvalue weighted by molar-refractivity contribution is -0.119. The number of aromatic nitrogens is 1. The Hall–Kier alpha value is -3.87. The van der Waals surface area contributed by atoms with Crippen molar-refractivity contribution in [3.05, 3.63) is 83.2 Å². The fourth-order valence-corrected chi connectivity index (χ4v) is 4.13. The minimum Gasteiger partial charge on any atom is -0.452 e. The van der Waals surface area contributed by atoms with Crippen molar-refractivity contribution in [2.75, 3.05) is 23.4 Å². The summed E-state index contributed by atoms with van der Waals surface area (Å²) in [6, 6.07) is 18.9. The quantitative estimate of drug-likeness (QED) is 0.556. The van der Waals surface area contributed by atoms with Crippen molar-refractivity contribution in [1.29, 1.82) is 0 Å². The largest absolute Gasteiger partial charge is 0.452 e. The molecule has 7 nitrogen and oxygen atoms in total. The molecule has 7 heteroatoms. The number of hydrogen-bond donors (Lipinski definition) is 1. The van der Waals surface area contributed by atoms with Crippen LogP contribution < -0.4 is 10.2 Å². The third-order valence-electron chi connectivity index (χ3n) is 5.85. The van der Waals surface area contributed by atoms with E-state index in [0.717, 1.165) is 23.4 Å². The summed E-state index contributed by atoms with van der Waals surface area (Å²) in [4.78, 5) is 39.0. The number of aryl methyl sites for hydroxylation is 1. The Labute approximate surface area is 193 Å². The Balaban J connectivity index is 1.39. The van der Waals surface area contributed by atoms with Crippen molar-refractivity contribution in [2.45, 2.75) is 33.2 Å². The van der Waals surface area contributed by atoms with Crippen LogP contribution >= 0.6 is 0 Å². The predicted octanol–water partition coefficient (Wildman–Crippen LogP) is 4.08. The van der Waals surface area contributed by atoms with E-state index in [4.69, 9.17) is 4.74 Å². The van der Waals surface area contributed by atoms with Crippen LogP contribution in [-0.4, -0.2) is 35.5 Å². The van der Waals surface area contributed by atoms with Crippen molar-refractivity contribution in [3.8, 4) is 0 Å². The Morgan fingerprint density at radius 3 is 2.48 bits per heavy atom. The van der Waals surface area contributed by atoms with Crippen LogP contribution in [0.15, 0.2) is 60.7 Å². The Bertz CT molecular complexity index is 1180. The Kier molecular flexibility index (Phi) is 6.58. The van der Waals surface area contributed by atoms with Gasteiger partial charge in [-0.1, -0.05) is 42.5 Å². The molecule has 3 aromatic rings. The van der Waals surface area contributed by atoms with Gasteiger partial charge in [-0.05, 0) is 44.0 Å². The van der Waals surface area contributed by atoms with Gasteiger partial charge in [0.05, 0.1) is 16.9 Å². The summed E-state index contributed by atoms with van der Waals surface area (Å²) in [6.07, 6.45) is 1.30. The topological polar surface area (TPSA) is 80.6 Å². The molecule has 0 spiro atoms. The van der Waals surface area contributed by atoms with E-state index in [9.17, 15) is 14.4 Å². The SMILES string of the molecule is Cc1cc(C(=O)OCC(=O)Nc2ccccc2N2CCCC2=O)c(C)n1Cc1ccccc1. The molecule has 2 heterocycles. The number of hydrogen-bond acceptors (Lipinski definition) is 4. The highest BCUT2D eigenvalue weighted by molar-refractivity contribution is 6.03. The van der Waals surface area contributed by atoms with Gasteiger partial charge in [0, 0.05) is 30.9 Å². The summed E-state index contributed by atoms with van der Waals surface area (Å²) in [7, 11) is 0. The molecule has 2 amide bonds. The lowest BCUT2D eigenvalue weighted by atomic mass is 10.2. The van der Waals surface area contributed by atoms with Gasteiger partial charge >= 0.3 is 5.97 Å². The lowest BCUT2D eigenvalue weighted by Crippen LogP contribution is -2.27. The third kappa shape index (κ3) is 4.98. The number of ether oxygens (including phenoxy) is 1. The van der Waals surface area contributed by atoms with Gasteiger partial charge in [-0.3, -0.25) is 9.59 Å². The second-order valence-corrected chi connectivity index (χ2v) is 8.15. The fourth-order valence-electron chi connectivity index (χ4n) is 4.13. The van der Waals surface area contributed by atoms with Crippen LogP contribution in [-0.2, 0) is 20.9 Å². The average molecular weight is 446 g/mol. The number of esters is 1. The maximum atomic E-state index is 12.7. The van der Waals surface area contributed by atoms with Gasteiger partial charge in [-0.25, -0.2) is 4.79 Å². The zero-order chi connectivity index (χ0) is 23.4. The van der Waals surface area contributed by atoms with Gasteiger partial charge in [0.1, 0.15) is 0 Å². The van der Waals surface area contributed by atoms with E-state index >= 15 is 0 Å². The zero-order valence-electron chi connectivity index (χ0n) is 18.8. The van der Waals surface area contributed by atoms with Crippen molar-refractivity contribution in [3.63, 3.8) is 0 Å². The standard InChI is InChI=1S/C26H27N3O4/c1-18-15-21(19(2)29(18)16-20-9-4-3-5-10-20)26(32)33-17-24(30)27-22-11-6-7-12-23(22)28-14-8-13-25(28)31/h3-7,9-12,15H,8,13-14,16-17H2,1-2H3,(H,27,30). The number of para-hydroxylation sites is 2. The number of nitrogens with zero attached hydrogens (tertiary/aromatic N) is 2. The first-order valence-electron chi connectivity index (χ1n) is 11.0. The van der Waals surface area contributed by atoms with Gasteiger partial charge in [-0.2, -0.15) is 0 Å². The van der Waals surface area contributed by atoms with E-state index < -0.39 is 18.5 Å². The molecule has 1 aliphatic heterocycles. The summed E-state index contributed by atoms with van der Waals surface area (Å²) >= 11 is 0. The van der Waals surface area contributed by atoms with E-state index in [1.54, 1.807) is 29.2 Å². The fraction of sp³-hybridized carbons (Fsp3) is 0.269. The van der Waals surface area contributed by atoms with Crippen molar-refractivity contribution in [2.24, 2.45) is 0 Å². The molecule has 0 atom stereocenters. The number of amides is 2. The zero-order valence-corrected chi connectivity index (χ0v) is 18.8. The van der Waals surface area contributed by atoms with Crippen LogP contribution in [0.25, 0.3) is 0 Å². The molecule has 0 saturated carbocycles. The second kappa shape index (κ2) is 9.73. The number of anilines is 2. The minimum atomic E-state index is -0.541. The van der Waals surface area contributed by atoms with Gasteiger partial charge in [0.15, 0.2) is 6.61 Å². The van der Waals surface area contributed by atoms with Crippen LogP contribution in [0.5, 0.6) is 0 Å². The molecule has 1 aliphatic rings. The number of rotatable bonds is 7. The number of carbonyl (C=O) groups excluding carboxylic acids is 3. The van der Waals surface area contributed by atoms with Gasteiger partial charge in [0.25, 0.3) is 5.91 Å². The molecule has 170 valence electrons. The molecular weight excluding hydrogens is 418 g/mol. The maximum Gasteiger partial charge on any atom is 0.340 e. The van der Waals surface area contributed by atoms with E-state index in [0.29, 0.717) is 36.4 Å². The molecule has 0 unspecified atom stereocenters. The van der Waals surface area contributed by atoms with E-state index in [1.807, 2.05) is 50.2 Å². The summed E-state index contributed by atoms with van der Waals surface area (Å²) in [5.41, 5.74) is 4.49. The van der Waals surface area contributed by atoms with E-state index in [1.165, 1.54) is 0 Å². The highest BCUT2D eigenvalue weighted by Crippen LogP contribution is 2.29. The molecule has 4 rings (SSSR count). The lowest BCUT2D eigenvalue weighted by Gasteiger charge is -2.19. The molecule has 1 aromatic heterocycles. The molecule has 33 heavy (non-hydrogen) atoms. The first-order chi connectivity index (χ1) is 15.9. The average Bonchev–Trinajstić information content (AvgIpc) is 3.36. The summed E-state index contributed by atoms with van der Waals surface area (Å²) in [6.45, 7) is 4.67. The molecule has 0 aliphatic carbocycles. The van der Waals surface area contributed by atoms with Crippen LogP contribution in [0.4, 0.5) is 11.4 Å². The molecule has 0 bridgehead atoms. The summed E-state index contributed by atoms with van der Waals surface area (Å²) < 4.78 is 7.35. The molecular formula is C26H27N3O4. The Morgan fingerprint density at radius 1 is 1.03 bits per heavy atom. The normalized spacial score (nSPS) is 13.3. The van der Waals surface area contributed by atoms with E-state index in [2.05, 4.69) is 9.88 Å². The molecule has 1 saturated heterocycles. The van der Waals surface area contributed by atoms with Crippen molar-refractivity contribution < 1.29 is 19.1 Å². The van der Waals surface area contributed by atoms with Gasteiger partial charge in [-0.15, -0.1) is 0 Å². The summed E-state index contributed by atoms with van der Waals surface area (Å²) in [5, 5.41) is 2.76. The van der Waals surface area contributed by atoms with Crippen LogP contribution in [0, 0.1) is 13.8 Å². The highest BCUT2D eigenvalue weighted by atomic mass is 16.5. The second-order valence-electron chi connectivity index (χ2n) is 8.15. The minimum absolute atomic E-state index is 0.0361. The summed E-state index contributed by atoms with van der Waals surface area (Å²) in [5.74, 6) is -0.963. The maximum absolute atomic E-state index is 12.7. The van der Waals surface area contributed by atoms with Gasteiger partial charge < -0.3 is 19.5 Å². The van der Waals surface area contributed by atoms with Crippen molar-refractivity contribution >= 4 is 29.2 Å². The molecule has 1 N–H and O–H groups in total. The molecule has 0 radical (unpaired) electrons. The highest BCUT2D eigenvalue weighted by Gasteiger charge is 2.24. The number of carbonyl (C=O) groups is 3.